The van der Waals surface area contributed by atoms with Crippen molar-refractivity contribution in [1.29, 1.82) is 0 Å². The number of hydrogen-bond donors (Lipinski definition) is 1. The van der Waals surface area contributed by atoms with Crippen LogP contribution >= 0.6 is 11.6 Å². The first kappa shape index (κ1) is 34.1. The minimum Gasteiger partial charge on any atom is -0.497 e. The zero-order valence-corrected chi connectivity index (χ0v) is 27.5. The van der Waals surface area contributed by atoms with E-state index in [1.54, 1.807) is 7.11 Å². The molecule has 0 aliphatic rings. The summed E-state index contributed by atoms with van der Waals surface area (Å²) in [5, 5.41) is 3.72. The summed E-state index contributed by atoms with van der Waals surface area (Å²) in [6.45, 7) is 19.0. The fourth-order valence-electron chi connectivity index (χ4n) is 3.83. The molecule has 6 nitrogen and oxygen atoms in total. The Labute approximate surface area is 246 Å². The van der Waals surface area contributed by atoms with Gasteiger partial charge < -0.3 is 24.0 Å². The topological polar surface area (TPSA) is 66.0 Å². The molecule has 0 bridgehead atoms. The summed E-state index contributed by atoms with van der Waals surface area (Å²) in [5.74, 6) is 0.645. The Morgan fingerprint density at radius 3 is 2.20 bits per heavy atom. The van der Waals surface area contributed by atoms with E-state index >= 15 is 0 Å². The number of ether oxygens (including phenoxy) is 3. The highest BCUT2D eigenvalue weighted by molar-refractivity contribution is 6.74. The number of esters is 1. The third-order valence-electron chi connectivity index (χ3n) is 7.11. The number of benzene rings is 2. The summed E-state index contributed by atoms with van der Waals surface area (Å²) >= 11 is 6.45. The summed E-state index contributed by atoms with van der Waals surface area (Å²) in [6.07, 6.45) is 0.538. The van der Waals surface area contributed by atoms with Gasteiger partial charge in [0.2, 0.25) is 0 Å². The lowest BCUT2D eigenvalue weighted by atomic mass is 10.0. The first-order valence-corrected chi connectivity index (χ1v) is 17.1. The molecule has 2 aromatic carbocycles. The lowest BCUT2D eigenvalue weighted by molar-refractivity contribution is -0.164. The average Bonchev–Trinajstić information content (AvgIpc) is 2.83. The molecule has 0 spiro atoms. The number of hydrogen-bond acceptors (Lipinski definition) is 6. The van der Waals surface area contributed by atoms with Crippen LogP contribution in [0.2, 0.25) is 23.2 Å². The Bertz CT molecular complexity index is 1110. The maximum absolute atomic E-state index is 14.4. The van der Waals surface area contributed by atoms with Gasteiger partial charge in [-0.3, -0.25) is 0 Å². The normalized spacial score (nSPS) is 14.0. The van der Waals surface area contributed by atoms with E-state index < -0.39 is 25.8 Å². The second-order valence-corrected chi connectivity index (χ2v) is 17.8. The van der Waals surface area contributed by atoms with E-state index in [1.165, 1.54) is 12.1 Å². The highest BCUT2D eigenvalue weighted by Gasteiger charge is 2.41. The van der Waals surface area contributed by atoms with Gasteiger partial charge in [-0.05, 0) is 107 Å². The first-order valence-electron chi connectivity index (χ1n) is 13.8. The van der Waals surface area contributed by atoms with E-state index in [2.05, 4.69) is 39.2 Å². The lowest BCUT2D eigenvalue weighted by Crippen LogP contribution is -2.47. The third kappa shape index (κ3) is 10.4. The maximum atomic E-state index is 14.4. The molecule has 0 unspecified atom stereocenters. The van der Waals surface area contributed by atoms with Crippen LogP contribution in [0.3, 0.4) is 0 Å². The van der Waals surface area contributed by atoms with Crippen LogP contribution in [0.1, 0.15) is 78.5 Å². The van der Waals surface area contributed by atoms with Crippen molar-refractivity contribution < 1.29 is 27.8 Å². The molecule has 0 aliphatic carbocycles. The summed E-state index contributed by atoms with van der Waals surface area (Å²) < 4.78 is 37.7. The molecule has 9 heteroatoms. The Hall–Kier alpha value is -2.13. The van der Waals surface area contributed by atoms with Crippen LogP contribution in [0.4, 0.5) is 4.39 Å². The molecule has 1 N–H and O–H groups in total. The molecule has 2 aromatic rings. The molecule has 0 aromatic heterocycles. The predicted molar refractivity (Wildman–Crippen MR) is 162 cm³/mol. The zero-order chi connectivity index (χ0) is 30.3. The van der Waals surface area contributed by atoms with Crippen molar-refractivity contribution in [2.45, 2.75) is 104 Å². The van der Waals surface area contributed by atoms with Crippen molar-refractivity contribution in [3.8, 4) is 11.5 Å². The number of rotatable bonds is 13. The molecule has 224 valence electrons. The van der Waals surface area contributed by atoms with Gasteiger partial charge in [-0.2, -0.15) is 0 Å². The van der Waals surface area contributed by atoms with Crippen LogP contribution in [0, 0.1) is 5.82 Å². The van der Waals surface area contributed by atoms with E-state index in [-0.39, 0.29) is 23.7 Å². The number of halogens is 2. The molecule has 0 saturated heterocycles. The molecule has 2 atom stereocenters. The highest BCUT2D eigenvalue weighted by atomic mass is 35.5. The smallest absolute Gasteiger partial charge is 0.334 e. The fraction of sp³-hybridized carbons (Fsp3) is 0.581. The Balaban J connectivity index is 2.08. The molecule has 0 heterocycles. The summed E-state index contributed by atoms with van der Waals surface area (Å²) in [4.78, 5) is 13.0. The van der Waals surface area contributed by atoms with Gasteiger partial charge in [0.15, 0.2) is 8.32 Å². The van der Waals surface area contributed by atoms with Crippen LogP contribution in [-0.2, 0) is 20.6 Å². The summed E-state index contributed by atoms with van der Waals surface area (Å²) in [7, 11) is -0.597. The van der Waals surface area contributed by atoms with Crippen molar-refractivity contribution in [2.75, 3.05) is 13.7 Å². The molecule has 40 heavy (non-hydrogen) atoms. The van der Waals surface area contributed by atoms with Gasteiger partial charge >= 0.3 is 5.97 Å². The van der Waals surface area contributed by atoms with Gasteiger partial charge in [-0.15, -0.1) is 0 Å². The van der Waals surface area contributed by atoms with Crippen LogP contribution in [-0.4, -0.2) is 39.6 Å². The molecule has 0 saturated carbocycles. The number of methoxy groups -OCH3 is 1. The van der Waals surface area contributed by atoms with E-state index in [9.17, 15) is 9.18 Å². The third-order valence-corrected chi connectivity index (χ3v) is 11.9. The highest BCUT2D eigenvalue weighted by Crippen LogP contribution is 2.38. The van der Waals surface area contributed by atoms with Crippen LogP contribution in [0.25, 0.3) is 0 Å². The fourth-order valence-corrected chi connectivity index (χ4v) is 5.38. The van der Waals surface area contributed by atoms with Gasteiger partial charge in [0.25, 0.3) is 0 Å². The van der Waals surface area contributed by atoms with Gasteiger partial charge in [-0.25, -0.2) is 9.18 Å². The second-order valence-electron chi connectivity index (χ2n) is 12.6. The van der Waals surface area contributed by atoms with E-state index in [4.69, 9.17) is 30.2 Å². The first-order chi connectivity index (χ1) is 18.4. The molecule has 0 aliphatic heterocycles. The lowest BCUT2D eigenvalue weighted by Gasteiger charge is -2.39. The number of carbonyl (C=O) groups is 1. The van der Waals surface area contributed by atoms with Crippen molar-refractivity contribution in [3.05, 3.63) is 58.4 Å². The van der Waals surface area contributed by atoms with Crippen LogP contribution in [0.15, 0.2) is 36.4 Å². The van der Waals surface area contributed by atoms with Crippen molar-refractivity contribution >= 4 is 25.9 Å². The predicted octanol–water partition coefficient (Wildman–Crippen LogP) is 8.23. The van der Waals surface area contributed by atoms with Gasteiger partial charge in [-0.1, -0.05) is 32.4 Å². The quantitative estimate of drug-likeness (QED) is 0.143. The van der Waals surface area contributed by atoms with Crippen LogP contribution in [0.5, 0.6) is 11.5 Å². The average molecular weight is 596 g/mol. The second kappa shape index (κ2) is 14.2. The van der Waals surface area contributed by atoms with E-state index in [0.717, 1.165) is 11.3 Å². The standard InChI is InChI=1S/C31H47ClFNO5Si/c1-21(25-18-22(33)19-27(32)26(25)20-37-24-15-13-23(36-8)14-16-24)34-17-11-12-28(29(35)38-30(2,3)4)39-40(9,10)31(5,6)7/h13-16,18-19,21,28,34H,11-12,17,20H2,1-10H3/t21-,28+/m0/s1. The molecule has 0 fully saturated rings. The van der Waals surface area contributed by atoms with Gasteiger partial charge in [0.05, 0.1) is 12.1 Å². The largest absolute Gasteiger partial charge is 0.497 e. The molecule has 0 amide bonds. The maximum Gasteiger partial charge on any atom is 0.334 e. The minimum atomic E-state index is -2.20. The Kier molecular flexibility index (Phi) is 12.1. The Morgan fingerprint density at radius 1 is 1.05 bits per heavy atom. The SMILES string of the molecule is COc1ccc(OCc2c(Cl)cc(F)cc2[C@H](C)NCCC[C@@H](O[Si](C)(C)C(C)(C)C)C(=O)OC(C)(C)C)cc1. The molecule has 2 rings (SSSR count). The molecule has 0 radical (unpaired) electrons. The van der Waals surface area contributed by atoms with Crippen LogP contribution < -0.4 is 14.8 Å². The van der Waals surface area contributed by atoms with E-state index in [1.807, 2.05) is 52.0 Å². The zero-order valence-electron chi connectivity index (χ0n) is 25.7. The molecular weight excluding hydrogens is 549 g/mol. The Morgan fingerprint density at radius 2 is 1.65 bits per heavy atom. The van der Waals surface area contributed by atoms with Gasteiger partial charge in [0, 0.05) is 11.6 Å². The van der Waals surface area contributed by atoms with Gasteiger partial charge in [0.1, 0.15) is 35.6 Å². The summed E-state index contributed by atoms with van der Waals surface area (Å²) in [5.41, 5.74) is 0.839. The number of carbonyl (C=O) groups excluding carboxylic acids is 1. The van der Waals surface area contributed by atoms with E-state index in [0.29, 0.717) is 35.7 Å². The van der Waals surface area contributed by atoms with Crippen molar-refractivity contribution in [2.24, 2.45) is 0 Å². The number of nitrogens with one attached hydrogen (secondary N) is 1. The summed E-state index contributed by atoms with van der Waals surface area (Å²) in [6, 6.07) is 9.82. The molecular formula is C31H47ClFNO5Si. The minimum absolute atomic E-state index is 0.0407. The monoisotopic (exact) mass is 595 g/mol. The van der Waals surface area contributed by atoms with Crippen molar-refractivity contribution in [3.63, 3.8) is 0 Å². The van der Waals surface area contributed by atoms with Crippen molar-refractivity contribution in [1.82, 2.24) is 5.32 Å².